The van der Waals surface area contributed by atoms with Gasteiger partial charge in [0.05, 0.1) is 49.8 Å². The fourth-order valence-corrected chi connectivity index (χ4v) is 16.2. The van der Waals surface area contributed by atoms with Gasteiger partial charge >= 0.3 is 0 Å². The fraction of sp³-hybridized carbons (Fsp3) is 0.0204. The molecule has 20 rings (SSSR count). The third-order valence-corrected chi connectivity index (χ3v) is 20.7. The van der Waals surface area contributed by atoms with Gasteiger partial charge in [-0.3, -0.25) is 0 Å². The van der Waals surface area contributed by atoms with Crippen molar-refractivity contribution in [3.05, 3.63) is 399 Å². The fourth-order valence-electron chi connectivity index (χ4n) is 16.2. The molecule has 0 saturated carbocycles. The van der Waals surface area contributed by atoms with Crippen LogP contribution in [0.15, 0.2) is 382 Å². The molecule has 498 valence electrons. The average Bonchev–Trinajstić information content (AvgIpc) is 1.59. The second-order valence-corrected chi connectivity index (χ2v) is 27.2. The van der Waals surface area contributed by atoms with Gasteiger partial charge in [0.25, 0.3) is 0 Å². The van der Waals surface area contributed by atoms with E-state index in [1.165, 1.54) is 88.4 Å². The monoisotopic (exact) mass is 1350 g/mol. The van der Waals surface area contributed by atoms with E-state index in [9.17, 15) is 0 Å². The van der Waals surface area contributed by atoms with E-state index in [2.05, 4.69) is 389 Å². The number of aryl methyl sites for hydroxylation is 2. The molecule has 0 aliphatic rings. The molecule has 0 bridgehead atoms. The Morgan fingerprint density at radius 2 is 0.476 bits per heavy atom. The largest absolute Gasteiger partial charge is 0.310 e. The van der Waals surface area contributed by atoms with E-state index >= 15 is 4.39 Å². The van der Waals surface area contributed by atoms with Crippen LogP contribution in [0, 0.1) is 19.7 Å². The number of hydrogen-bond donors (Lipinski definition) is 0. The van der Waals surface area contributed by atoms with Gasteiger partial charge in [-0.15, -0.1) is 0 Å². The minimum Gasteiger partial charge on any atom is -0.310 e. The molecule has 0 saturated heterocycles. The predicted molar refractivity (Wildman–Crippen MR) is 440 cm³/mol. The summed E-state index contributed by atoms with van der Waals surface area (Å²) in [5, 5.41) is 9.59. The molecule has 0 unspecified atom stereocenters. The zero-order chi connectivity index (χ0) is 70.1. The van der Waals surface area contributed by atoms with E-state index < -0.39 is 0 Å². The van der Waals surface area contributed by atoms with Crippen molar-refractivity contribution in [3.8, 4) is 45.0 Å². The lowest BCUT2D eigenvalue weighted by molar-refractivity contribution is 0.621. The van der Waals surface area contributed by atoms with Crippen LogP contribution in [-0.4, -0.2) is 18.3 Å². The lowest BCUT2D eigenvalue weighted by Gasteiger charge is -2.26. The van der Waals surface area contributed by atoms with Crippen molar-refractivity contribution in [2.24, 2.45) is 0 Å². The Bertz CT molecular complexity index is 6600. The highest BCUT2D eigenvalue weighted by atomic mass is 19.1. The van der Waals surface area contributed by atoms with Gasteiger partial charge in [0.1, 0.15) is 5.82 Å². The second-order valence-electron chi connectivity index (χ2n) is 27.2. The van der Waals surface area contributed by atoms with Crippen LogP contribution in [-0.2, 0) is 0 Å². The van der Waals surface area contributed by atoms with Crippen LogP contribution in [0.3, 0.4) is 0 Å². The Morgan fingerprint density at radius 3 is 0.829 bits per heavy atom. The molecule has 0 aliphatic heterocycles. The van der Waals surface area contributed by atoms with E-state index in [0.717, 1.165) is 89.5 Å². The van der Waals surface area contributed by atoms with Crippen LogP contribution >= 0.6 is 0 Å². The van der Waals surface area contributed by atoms with E-state index in [-0.39, 0.29) is 5.82 Å². The summed E-state index contributed by atoms with van der Waals surface area (Å²) in [4.78, 5) is 4.62. The van der Waals surface area contributed by atoms with Gasteiger partial charge in [-0.25, -0.2) is 4.39 Å². The van der Waals surface area contributed by atoms with E-state index in [1.54, 1.807) is 6.07 Å². The number of halogens is 1. The Morgan fingerprint density at radius 1 is 0.200 bits per heavy atom. The summed E-state index contributed by atoms with van der Waals surface area (Å²) < 4.78 is 24.4. The standard InChI is InChI=1S/C50H37N3.C48H32FN3/c1-34-28-35(2)30-42(29-34)53-48-23-12-10-21-44(48)46-32-37(25-27-50(46)53)36-24-26-49-45(31-36)43-20-9-11-22-47(43)52(49)41-19-13-18-40(33-41)51(38-14-5-3-6-15-38)39-16-7-4-8-17-39;49-43-22-9-12-25-48(43)52-45-24-11-8-21-40(45)42-31-34(27-29-47(42)52)33-26-28-46-41(30-33)39-20-7-10-23-44(39)51(46)38-19-13-18-37(32-38)50(35-14-3-1-4-15-35)36-16-5-2-6-17-36/h3-33H,1-2H3;1-32H. The van der Waals surface area contributed by atoms with Gasteiger partial charge in [0.2, 0.25) is 0 Å². The zero-order valence-electron chi connectivity index (χ0n) is 57.9. The van der Waals surface area contributed by atoms with E-state index in [4.69, 9.17) is 0 Å². The number of para-hydroxylation sites is 9. The van der Waals surface area contributed by atoms with Crippen molar-refractivity contribution < 1.29 is 4.39 Å². The van der Waals surface area contributed by atoms with Crippen LogP contribution in [0.1, 0.15) is 11.1 Å². The van der Waals surface area contributed by atoms with E-state index in [0.29, 0.717) is 5.69 Å². The van der Waals surface area contributed by atoms with Crippen molar-refractivity contribution in [2.75, 3.05) is 9.80 Å². The Kier molecular flexibility index (Phi) is 15.4. The van der Waals surface area contributed by atoms with Crippen molar-refractivity contribution in [1.29, 1.82) is 0 Å². The number of fused-ring (bicyclic) bond motifs is 12. The smallest absolute Gasteiger partial charge is 0.147 e. The van der Waals surface area contributed by atoms with Crippen LogP contribution in [0.4, 0.5) is 38.5 Å². The van der Waals surface area contributed by atoms with Gasteiger partial charge in [-0.05, 0) is 229 Å². The van der Waals surface area contributed by atoms with Gasteiger partial charge in [-0.1, -0.05) is 200 Å². The number of benzene rings is 16. The molecule has 4 aromatic heterocycles. The average molecular weight is 1350 g/mol. The quantitative estimate of drug-likeness (QED) is 0.122. The summed E-state index contributed by atoms with van der Waals surface area (Å²) >= 11 is 0. The molecule has 20 aromatic rings. The maximum Gasteiger partial charge on any atom is 0.147 e. The summed E-state index contributed by atoms with van der Waals surface area (Å²) in [6.07, 6.45) is 0. The summed E-state index contributed by atoms with van der Waals surface area (Å²) in [7, 11) is 0. The molecular weight excluding hydrogens is 1280 g/mol. The first kappa shape index (κ1) is 62.3. The van der Waals surface area contributed by atoms with Crippen molar-refractivity contribution in [2.45, 2.75) is 13.8 Å². The summed E-state index contributed by atoms with van der Waals surface area (Å²) in [6.45, 7) is 4.35. The number of rotatable bonds is 12. The molecule has 0 N–H and O–H groups in total. The van der Waals surface area contributed by atoms with E-state index in [1.807, 2.05) is 22.8 Å². The number of nitrogens with zero attached hydrogens (tertiary/aromatic N) is 6. The maximum atomic E-state index is 15.1. The third-order valence-electron chi connectivity index (χ3n) is 20.7. The van der Waals surface area contributed by atoms with Gasteiger partial charge in [-0.2, -0.15) is 0 Å². The van der Waals surface area contributed by atoms with Crippen molar-refractivity contribution in [3.63, 3.8) is 0 Å². The van der Waals surface area contributed by atoms with Crippen LogP contribution in [0.2, 0.25) is 0 Å². The number of hydrogen-bond acceptors (Lipinski definition) is 2. The molecule has 0 aliphatic carbocycles. The summed E-state index contributed by atoms with van der Waals surface area (Å²) in [5.41, 5.74) is 26.9. The highest BCUT2D eigenvalue weighted by molar-refractivity contribution is 6.15. The number of aromatic nitrogens is 4. The number of anilines is 6. The topological polar surface area (TPSA) is 26.2 Å². The summed E-state index contributed by atoms with van der Waals surface area (Å²) in [6, 6.07) is 135. The molecule has 0 atom stereocenters. The minimum atomic E-state index is -0.241. The molecule has 16 aromatic carbocycles. The van der Waals surface area contributed by atoms with Gasteiger partial charge in [0.15, 0.2) is 0 Å². The van der Waals surface area contributed by atoms with Crippen molar-refractivity contribution >= 4 is 121 Å². The second kappa shape index (κ2) is 26.0. The van der Waals surface area contributed by atoms with Gasteiger partial charge < -0.3 is 28.1 Å². The lowest BCUT2D eigenvalue weighted by Crippen LogP contribution is -2.10. The first-order valence-electron chi connectivity index (χ1n) is 35.8. The SMILES string of the molecule is Cc1cc(C)cc(-n2c3ccccc3c3cc(-c4ccc5c(c4)c4ccccc4n5-c4cccc(N(c5ccccc5)c5ccccc5)c4)ccc32)c1.Fc1ccccc1-n1c2ccccc2c2cc(-c3ccc4c(c3)c3ccccc3n4-c3cccc(N(c4ccccc4)c4ccccc4)c3)ccc21. The first-order chi connectivity index (χ1) is 51.8. The van der Waals surface area contributed by atoms with Gasteiger partial charge in [0, 0.05) is 94.3 Å². The Hall–Kier alpha value is -13.8. The molecule has 7 heteroatoms. The van der Waals surface area contributed by atoms with Crippen LogP contribution in [0.25, 0.3) is 132 Å². The molecule has 4 heterocycles. The molecule has 105 heavy (non-hydrogen) atoms. The third kappa shape index (κ3) is 11.0. The van der Waals surface area contributed by atoms with Crippen LogP contribution in [0.5, 0.6) is 0 Å². The predicted octanol–water partition coefficient (Wildman–Crippen LogP) is 26.8. The van der Waals surface area contributed by atoms with Crippen LogP contribution < -0.4 is 9.80 Å². The first-order valence-corrected chi connectivity index (χ1v) is 35.8. The molecule has 0 fully saturated rings. The molecule has 0 spiro atoms. The van der Waals surface area contributed by atoms with Crippen molar-refractivity contribution in [1.82, 2.24) is 18.3 Å². The maximum absolute atomic E-state index is 15.1. The Labute approximate surface area is 608 Å². The Balaban J connectivity index is 0.000000144. The minimum absolute atomic E-state index is 0.241. The molecular formula is C98H69FN6. The summed E-state index contributed by atoms with van der Waals surface area (Å²) in [5.74, 6) is -0.241. The normalized spacial score (nSPS) is 11.6. The molecule has 6 nitrogen and oxygen atoms in total. The highest BCUT2D eigenvalue weighted by Gasteiger charge is 2.22. The molecule has 0 radical (unpaired) electrons. The molecule has 0 amide bonds. The zero-order valence-corrected chi connectivity index (χ0v) is 57.9. The highest BCUT2D eigenvalue weighted by Crippen LogP contribution is 2.44. The lowest BCUT2D eigenvalue weighted by atomic mass is 10.0.